The van der Waals surface area contributed by atoms with Crippen molar-refractivity contribution < 1.29 is 0 Å². The third-order valence-corrected chi connectivity index (χ3v) is 3.01. The zero-order chi connectivity index (χ0) is 10.8. The van der Waals surface area contributed by atoms with E-state index in [4.69, 9.17) is 5.73 Å². The maximum absolute atomic E-state index is 5.86. The Bertz CT molecular complexity index is 459. The Kier molecular flexibility index (Phi) is 2.94. The van der Waals surface area contributed by atoms with Gasteiger partial charge in [0, 0.05) is 18.3 Å². The van der Waals surface area contributed by atoms with Gasteiger partial charge in [-0.2, -0.15) is 10.2 Å². The van der Waals surface area contributed by atoms with Crippen LogP contribution in [0.4, 0.5) is 5.82 Å². The minimum absolute atomic E-state index is 0.675. The fourth-order valence-corrected chi connectivity index (χ4v) is 1.73. The largest absolute Gasteiger partial charge is 0.383 e. The molecule has 80 valence electrons. The molecule has 0 spiro atoms. The number of hydrogen-bond donors (Lipinski definition) is 1. The van der Waals surface area contributed by atoms with E-state index in [-0.39, 0.29) is 0 Å². The van der Waals surface area contributed by atoms with Crippen LogP contribution >= 0.6 is 22.6 Å². The predicted octanol–water partition coefficient (Wildman–Crippen LogP) is 1.33. The van der Waals surface area contributed by atoms with Gasteiger partial charge in [-0.3, -0.25) is 4.68 Å². The van der Waals surface area contributed by atoms with Gasteiger partial charge in [-0.15, -0.1) is 0 Å². The summed E-state index contributed by atoms with van der Waals surface area (Å²) in [6.45, 7) is 3.61. The van der Waals surface area contributed by atoms with Crippen molar-refractivity contribution in [3.63, 3.8) is 0 Å². The summed E-state index contributed by atoms with van der Waals surface area (Å²) in [6, 6.07) is 0. The number of aryl methyl sites for hydroxylation is 1. The SMILES string of the molecule is CCn1cc(Cn2ncc(I)c2N)cn1. The van der Waals surface area contributed by atoms with E-state index in [0.717, 1.165) is 15.7 Å². The van der Waals surface area contributed by atoms with Gasteiger partial charge in [0.05, 0.1) is 22.5 Å². The maximum atomic E-state index is 5.86. The molecule has 0 radical (unpaired) electrons. The van der Waals surface area contributed by atoms with E-state index in [2.05, 4.69) is 39.7 Å². The Balaban J connectivity index is 2.18. The van der Waals surface area contributed by atoms with Crippen LogP contribution in [-0.4, -0.2) is 19.6 Å². The van der Waals surface area contributed by atoms with E-state index in [1.165, 1.54) is 0 Å². The summed E-state index contributed by atoms with van der Waals surface area (Å²) < 4.78 is 4.65. The van der Waals surface area contributed by atoms with Crippen LogP contribution in [0.1, 0.15) is 12.5 Å². The van der Waals surface area contributed by atoms with Gasteiger partial charge in [-0.25, -0.2) is 4.68 Å². The van der Waals surface area contributed by atoms with E-state index < -0.39 is 0 Å². The first kappa shape index (κ1) is 10.5. The van der Waals surface area contributed by atoms with Gasteiger partial charge in [-0.05, 0) is 29.5 Å². The van der Waals surface area contributed by atoms with Crippen molar-refractivity contribution in [2.75, 3.05) is 5.73 Å². The summed E-state index contributed by atoms with van der Waals surface area (Å²) in [5.41, 5.74) is 6.97. The summed E-state index contributed by atoms with van der Waals surface area (Å²) in [7, 11) is 0. The topological polar surface area (TPSA) is 61.7 Å². The number of rotatable bonds is 3. The molecule has 2 aromatic heterocycles. The van der Waals surface area contributed by atoms with Crippen molar-refractivity contribution in [1.82, 2.24) is 19.6 Å². The lowest BCUT2D eigenvalue weighted by molar-refractivity contribution is 0.655. The maximum Gasteiger partial charge on any atom is 0.135 e. The van der Waals surface area contributed by atoms with Crippen molar-refractivity contribution in [3.8, 4) is 0 Å². The molecule has 0 aliphatic heterocycles. The number of nitrogen functional groups attached to an aromatic ring is 1. The van der Waals surface area contributed by atoms with E-state index in [0.29, 0.717) is 12.4 Å². The van der Waals surface area contributed by atoms with Gasteiger partial charge >= 0.3 is 0 Å². The highest BCUT2D eigenvalue weighted by Gasteiger charge is 2.05. The third-order valence-electron chi connectivity index (χ3n) is 2.18. The van der Waals surface area contributed by atoms with Crippen LogP contribution in [-0.2, 0) is 13.1 Å². The summed E-state index contributed by atoms with van der Waals surface area (Å²) in [4.78, 5) is 0. The number of hydrogen-bond acceptors (Lipinski definition) is 3. The van der Waals surface area contributed by atoms with Gasteiger partial charge < -0.3 is 5.73 Å². The second-order valence-electron chi connectivity index (χ2n) is 3.24. The molecule has 0 aliphatic rings. The van der Waals surface area contributed by atoms with Crippen LogP contribution in [0.25, 0.3) is 0 Å². The smallest absolute Gasteiger partial charge is 0.135 e. The first-order valence-electron chi connectivity index (χ1n) is 4.69. The van der Waals surface area contributed by atoms with Crippen LogP contribution in [0.3, 0.4) is 0 Å². The van der Waals surface area contributed by atoms with E-state index in [9.17, 15) is 0 Å². The highest BCUT2D eigenvalue weighted by atomic mass is 127. The zero-order valence-corrected chi connectivity index (χ0v) is 10.5. The van der Waals surface area contributed by atoms with Gasteiger partial charge in [0.25, 0.3) is 0 Å². The lowest BCUT2D eigenvalue weighted by Crippen LogP contribution is -2.05. The van der Waals surface area contributed by atoms with Gasteiger partial charge in [0.15, 0.2) is 0 Å². The molecule has 15 heavy (non-hydrogen) atoms. The van der Waals surface area contributed by atoms with Crippen LogP contribution in [0.5, 0.6) is 0 Å². The average Bonchev–Trinajstić information content (AvgIpc) is 2.80. The fraction of sp³-hybridized carbons (Fsp3) is 0.333. The molecule has 2 heterocycles. The monoisotopic (exact) mass is 317 g/mol. The van der Waals surface area contributed by atoms with Crippen molar-refractivity contribution in [2.45, 2.75) is 20.0 Å². The van der Waals surface area contributed by atoms with Crippen molar-refractivity contribution in [1.29, 1.82) is 0 Å². The van der Waals surface area contributed by atoms with E-state index >= 15 is 0 Å². The summed E-state index contributed by atoms with van der Waals surface area (Å²) in [6.07, 6.45) is 5.62. The summed E-state index contributed by atoms with van der Waals surface area (Å²) in [5.74, 6) is 0.708. The summed E-state index contributed by atoms with van der Waals surface area (Å²) >= 11 is 2.17. The van der Waals surface area contributed by atoms with Gasteiger partial charge in [-0.1, -0.05) is 0 Å². The molecule has 0 amide bonds. The molecule has 0 bridgehead atoms. The number of nitrogens with zero attached hydrogens (tertiary/aromatic N) is 4. The molecular formula is C9H12IN5. The number of anilines is 1. The van der Waals surface area contributed by atoms with E-state index in [1.54, 1.807) is 10.9 Å². The Hall–Kier alpha value is -1.05. The Morgan fingerprint density at radius 2 is 2.20 bits per heavy atom. The molecule has 0 saturated heterocycles. The highest BCUT2D eigenvalue weighted by molar-refractivity contribution is 14.1. The molecule has 0 aliphatic carbocycles. The molecule has 0 unspecified atom stereocenters. The molecule has 0 atom stereocenters. The molecule has 0 aromatic carbocycles. The van der Waals surface area contributed by atoms with Crippen LogP contribution in [0.2, 0.25) is 0 Å². The first-order chi connectivity index (χ1) is 7.20. The number of aromatic nitrogens is 4. The summed E-state index contributed by atoms with van der Waals surface area (Å²) in [5, 5.41) is 8.39. The Morgan fingerprint density at radius 1 is 1.40 bits per heavy atom. The number of nitrogens with two attached hydrogens (primary N) is 1. The minimum Gasteiger partial charge on any atom is -0.383 e. The second-order valence-corrected chi connectivity index (χ2v) is 4.40. The first-order valence-corrected chi connectivity index (χ1v) is 5.76. The van der Waals surface area contributed by atoms with Crippen LogP contribution in [0, 0.1) is 3.57 Å². The molecule has 2 N–H and O–H groups in total. The van der Waals surface area contributed by atoms with Gasteiger partial charge in [0.1, 0.15) is 5.82 Å². The quantitative estimate of drug-likeness (QED) is 0.869. The standard InChI is InChI=1S/C9H12IN5/c1-2-14-5-7(3-12-14)6-15-9(11)8(10)4-13-15/h3-5H,2,6,11H2,1H3. The minimum atomic E-state index is 0.675. The number of halogens is 1. The Labute approximate surface area is 101 Å². The normalized spacial score (nSPS) is 10.8. The van der Waals surface area contributed by atoms with Crippen molar-refractivity contribution >= 4 is 28.4 Å². The molecule has 6 heteroatoms. The predicted molar refractivity (Wildman–Crippen MR) is 66.4 cm³/mol. The van der Waals surface area contributed by atoms with Crippen molar-refractivity contribution in [2.24, 2.45) is 0 Å². The Morgan fingerprint density at radius 3 is 2.73 bits per heavy atom. The second kappa shape index (κ2) is 4.21. The zero-order valence-electron chi connectivity index (χ0n) is 8.39. The van der Waals surface area contributed by atoms with Crippen molar-refractivity contribution in [3.05, 3.63) is 27.7 Å². The molecular weight excluding hydrogens is 305 g/mol. The van der Waals surface area contributed by atoms with Gasteiger partial charge in [0.2, 0.25) is 0 Å². The van der Waals surface area contributed by atoms with Crippen LogP contribution in [0.15, 0.2) is 18.6 Å². The highest BCUT2D eigenvalue weighted by Crippen LogP contribution is 2.14. The van der Waals surface area contributed by atoms with E-state index in [1.807, 2.05) is 17.1 Å². The molecule has 2 aromatic rings. The molecule has 5 nitrogen and oxygen atoms in total. The fourth-order valence-electron chi connectivity index (χ4n) is 1.33. The van der Waals surface area contributed by atoms with Crippen LogP contribution < -0.4 is 5.73 Å². The third kappa shape index (κ3) is 2.14. The lowest BCUT2D eigenvalue weighted by Gasteiger charge is -2.01. The molecule has 0 fully saturated rings. The average molecular weight is 317 g/mol. The molecule has 2 rings (SSSR count). The lowest BCUT2D eigenvalue weighted by atomic mass is 10.3. The molecule has 0 saturated carbocycles.